The van der Waals surface area contributed by atoms with Crippen molar-refractivity contribution >= 4 is 17.7 Å². The molecular weight excluding hydrogens is 264 g/mol. The SMILES string of the molecule is O=C(CCN1CCOC1=O)Nc1ccc2c(c1)OCO2. The van der Waals surface area contributed by atoms with Crippen molar-refractivity contribution in [2.75, 3.05) is 31.8 Å². The molecule has 0 aromatic heterocycles. The Balaban J connectivity index is 1.52. The highest BCUT2D eigenvalue weighted by molar-refractivity contribution is 5.91. The summed E-state index contributed by atoms with van der Waals surface area (Å²) in [5.41, 5.74) is 0.642. The largest absolute Gasteiger partial charge is 0.454 e. The van der Waals surface area contributed by atoms with Crippen molar-refractivity contribution in [3.63, 3.8) is 0 Å². The highest BCUT2D eigenvalue weighted by Gasteiger charge is 2.22. The van der Waals surface area contributed by atoms with Gasteiger partial charge < -0.3 is 24.4 Å². The predicted octanol–water partition coefficient (Wildman–Crippen LogP) is 1.20. The van der Waals surface area contributed by atoms with E-state index >= 15 is 0 Å². The molecule has 106 valence electrons. The lowest BCUT2D eigenvalue weighted by atomic mass is 10.2. The molecule has 2 amide bonds. The molecule has 1 saturated heterocycles. The molecule has 1 aromatic carbocycles. The molecule has 0 spiro atoms. The van der Waals surface area contributed by atoms with Crippen LogP contribution in [0.3, 0.4) is 0 Å². The number of cyclic esters (lactones) is 1. The molecule has 1 fully saturated rings. The normalized spacial score (nSPS) is 16.2. The number of nitrogens with zero attached hydrogens (tertiary/aromatic N) is 1. The van der Waals surface area contributed by atoms with Crippen LogP contribution in [0.4, 0.5) is 10.5 Å². The Labute approximate surface area is 115 Å². The van der Waals surface area contributed by atoms with Crippen LogP contribution in [0.15, 0.2) is 18.2 Å². The van der Waals surface area contributed by atoms with Gasteiger partial charge in [-0.05, 0) is 12.1 Å². The number of hydrogen-bond acceptors (Lipinski definition) is 5. The number of rotatable bonds is 4. The summed E-state index contributed by atoms with van der Waals surface area (Å²) < 4.78 is 15.2. The maximum absolute atomic E-state index is 11.8. The highest BCUT2D eigenvalue weighted by atomic mass is 16.7. The van der Waals surface area contributed by atoms with E-state index in [9.17, 15) is 9.59 Å². The standard InChI is InChI=1S/C13H14N2O5/c16-12(3-4-15-5-6-18-13(15)17)14-9-1-2-10-11(7-9)20-8-19-10/h1-2,7H,3-6,8H2,(H,14,16). The Morgan fingerprint density at radius 2 is 2.10 bits per heavy atom. The molecule has 1 N–H and O–H groups in total. The average molecular weight is 278 g/mol. The first kappa shape index (κ1) is 12.6. The summed E-state index contributed by atoms with van der Waals surface area (Å²) >= 11 is 0. The summed E-state index contributed by atoms with van der Waals surface area (Å²) in [4.78, 5) is 24.5. The van der Waals surface area contributed by atoms with Gasteiger partial charge in [0, 0.05) is 24.7 Å². The monoisotopic (exact) mass is 278 g/mol. The van der Waals surface area contributed by atoms with E-state index in [0.29, 0.717) is 36.9 Å². The lowest BCUT2D eigenvalue weighted by Gasteiger charge is -2.12. The number of fused-ring (bicyclic) bond motifs is 1. The van der Waals surface area contributed by atoms with Gasteiger partial charge in [0.2, 0.25) is 12.7 Å². The average Bonchev–Trinajstić information content (AvgIpc) is 3.04. The van der Waals surface area contributed by atoms with Crippen LogP contribution in [0.1, 0.15) is 6.42 Å². The van der Waals surface area contributed by atoms with E-state index in [-0.39, 0.29) is 25.2 Å². The summed E-state index contributed by atoms with van der Waals surface area (Å²) in [6.07, 6.45) is -0.135. The van der Waals surface area contributed by atoms with Gasteiger partial charge in [0.05, 0.1) is 6.54 Å². The second-order valence-electron chi connectivity index (χ2n) is 4.47. The third-order valence-corrected chi connectivity index (χ3v) is 3.11. The third-order valence-electron chi connectivity index (χ3n) is 3.11. The first-order valence-corrected chi connectivity index (χ1v) is 6.33. The van der Waals surface area contributed by atoms with Crippen molar-refractivity contribution < 1.29 is 23.8 Å². The molecular formula is C13H14N2O5. The number of hydrogen-bond donors (Lipinski definition) is 1. The number of ether oxygens (including phenoxy) is 3. The van der Waals surface area contributed by atoms with Crippen molar-refractivity contribution in [1.82, 2.24) is 4.90 Å². The molecule has 2 aliphatic heterocycles. The number of nitrogens with one attached hydrogen (secondary N) is 1. The van der Waals surface area contributed by atoms with Crippen molar-refractivity contribution in [1.29, 1.82) is 0 Å². The Morgan fingerprint density at radius 1 is 1.25 bits per heavy atom. The molecule has 1 aromatic rings. The molecule has 20 heavy (non-hydrogen) atoms. The maximum Gasteiger partial charge on any atom is 0.409 e. The van der Waals surface area contributed by atoms with Gasteiger partial charge in [-0.25, -0.2) is 4.79 Å². The van der Waals surface area contributed by atoms with Crippen LogP contribution in [-0.2, 0) is 9.53 Å². The van der Waals surface area contributed by atoms with Crippen molar-refractivity contribution in [3.05, 3.63) is 18.2 Å². The Bertz CT molecular complexity index is 546. The Hall–Kier alpha value is -2.44. The van der Waals surface area contributed by atoms with Crippen molar-refractivity contribution in [2.24, 2.45) is 0 Å². The van der Waals surface area contributed by atoms with Crippen molar-refractivity contribution in [2.45, 2.75) is 6.42 Å². The van der Waals surface area contributed by atoms with E-state index in [1.54, 1.807) is 18.2 Å². The first-order valence-electron chi connectivity index (χ1n) is 6.33. The number of anilines is 1. The number of amides is 2. The minimum atomic E-state index is -0.360. The van der Waals surface area contributed by atoms with Gasteiger partial charge in [0.15, 0.2) is 11.5 Å². The fourth-order valence-electron chi connectivity index (χ4n) is 2.06. The van der Waals surface area contributed by atoms with E-state index in [1.165, 1.54) is 4.90 Å². The molecule has 0 aliphatic carbocycles. The summed E-state index contributed by atoms with van der Waals surface area (Å²) in [5, 5.41) is 2.76. The molecule has 0 unspecified atom stereocenters. The molecule has 2 heterocycles. The zero-order chi connectivity index (χ0) is 13.9. The van der Waals surface area contributed by atoms with Gasteiger partial charge in [0.1, 0.15) is 6.61 Å². The summed E-state index contributed by atoms with van der Waals surface area (Å²) in [7, 11) is 0. The van der Waals surface area contributed by atoms with Crippen molar-refractivity contribution in [3.8, 4) is 11.5 Å². The van der Waals surface area contributed by atoms with Gasteiger partial charge in [-0.15, -0.1) is 0 Å². The van der Waals surface area contributed by atoms with E-state index in [0.717, 1.165) is 0 Å². The van der Waals surface area contributed by atoms with Gasteiger partial charge in [-0.1, -0.05) is 0 Å². The van der Waals surface area contributed by atoms with E-state index in [2.05, 4.69) is 5.32 Å². The van der Waals surface area contributed by atoms with E-state index in [1.807, 2.05) is 0 Å². The third kappa shape index (κ3) is 2.61. The summed E-state index contributed by atoms with van der Waals surface area (Å²) in [5.74, 6) is 1.12. The highest BCUT2D eigenvalue weighted by Crippen LogP contribution is 2.34. The van der Waals surface area contributed by atoms with Gasteiger partial charge >= 0.3 is 6.09 Å². The molecule has 0 saturated carbocycles. The minimum absolute atomic E-state index is 0.163. The predicted molar refractivity (Wildman–Crippen MR) is 68.7 cm³/mol. The van der Waals surface area contributed by atoms with E-state index in [4.69, 9.17) is 14.2 Å². The summed E-state index contributed by atoms with van der Waals surface area (Å²) in [6, 6.07) is 5.20. The molecule has 0 radical (unpaired) electrons. The van der Waals surface area contributed by atoms with Gasteiger partial charge in [-0.2, -0.15) is 0 Å². The zero-order valence-corrected chi connectivity index (χ0v) is 10.8. The van der Waals surface area contributed by atoms with Crippen LogP contribution in [0, 0.1) is 0 Å². The van der Waals surface area contributed by atoms with Crippen LogP contribution >= 0.6 is 0 Å². The fourth-order valence-corrected chi connectivity index (χ4v) is 2.06. The quantitative estimate of drug-likeness (QED) is 0.895. The molecule has 0 atom stereocenters. The van der Waals surface area contributed by atoms with Gasteiger partial charge in [0.25, 0.3) is 0 Å². The zero-order valence-electron chi connectivity index (χ0n) is 10.8. The van der Waals surface area contributed by atoms with E-state index < -0.39 is 0 Å². The van der Waals surface area contributed by atoms with Crippen LogP contribution < -0.4 is 14.8 Å². The van der Waals surface area contributed by atoms with Crippen LogP contribution in [-0.4, -0.2) is 43.4 Å². The minimum Gasteiger partial charge on any atom is -0.454 e. The molecule has 2 aliphatic rings. The van der Waals surface area contributed by atoms with Crippen LogP contribution in [0.2, 0.25) is 0 Å². The molecule has 3 rings (SSSR count). The second-order valence-corrected chi connectivity index (χ2v) is 4.47. The Morgan fingerprint density at radius 3 is 2.90 bits per heavy atom. The molecule has 7 nitrogen and oxygen atoms in total. The van der Waals surface area contributed by atoms with Crippen LogP contribution in [0.25, 0.3) is 0 Å². The lowest BCUT2D eigenvalue weighted by Crippen LogP contribution is -2.28. The van der Waals surface area contributed by atoms with Gasteiger partial charge in [-0.3, -0.25) is 4.79 Å². The number of carbonyl (C=O) groups excluding carboxylic acids is 2. The smallest absolute Gasteiger partial charge is 0.409 e. The number of carbonyl (C=O) groups is 2. The Kier molecular flexibility index (Phi) is 3.32. The lowest BCUT2D eigenvalue weighted by molar-refractivity contribution is -0.116. The number of benzene rings is 1. The second kappa shape index (κ2) is 5.28. The first-order chi connectivity index (χ1) is 9.72. The fraction of sp³-hybridized carbons (Fsp3) is 0.385. The summed E-state index contributed by atoms with van der Waals surface area (Å²) in [6.45, 7) is 1.48. The van der Waals surface area contributed by atoms with Crippen LogP contribution in [0.5, 0.6) is 11.5 Å². The molecule has 7 heteroatoms. The maximum atomic E-state index is 11.8. The molecule has 0 bridgehead atoms. The topological polar surface area (TPSA) is 77.1 Å².